The van der Waals surface area contributed by atoms with Crippen LogP contribution in [0.4, 0.5) is 9.52 Å². The fraction of sp³-hybridized carbons (Fsp3) is 0.217. The molecule has 4 aromatic rings. The first kappa shape index (κ1) is 19.6. The van der Waals surface area contributed by atoms with Crippen molar-refractivity contribution in [3.8, 4) is 0 Å². The maximum Gasteiger partial charge on any atom is 0.256 e. The summed E-state index contributed by atoms with van der Waals surface area (Å²) in [4.78, 5) is 19.0. The molecule has 3 heterocycles. The van der Waals surface area contributed by atoms with Gasteiger partial charge in [-0.1, -0.05) is 30.3 Å². The minimum atomic E-state index is -0.505. The van der Waals surface area contributed by atoms with Crippen LogP contribution in [-0.4, -0.2) is 45.1 Å². The molecule has 0 bridgehead atoms. The highest BCUT2D eigenvalue weighted by Crippen LogP contribution is 2.23. The maximum absolute atomic E-state index is 14.6. The van der Waals surface area contributed by atoms with Crippen LogP contribution in [0.15, 0.2) is 60.2 Å². The first-order chi connectivity index (χ1) is 15.2. The quantitative estimate of drug-likeness (QED) is 0.512. The summed E-state index contributed by atoms with van der Waals surface area (Å²) in [5.41, 5.74) is 1.73. The highest BCUT2D eigenvalue weighted by Gasteiger charge is 2.29. The third-order valence-corrected chi connectivity index (χ3v) is 6.22. The summed E-state index contributed by atoms with van der Waals surface area (Å²) >= 11 is 1.53. The van der Waals surface area contributed by atoms with Crippen molar-refractivity contribution >= 4 is 33.1 Å². The van der Waals surface area contributed by atoms with E-state index < -0.39 is 5.82 Å². The first-order valence-electron chi connectivity index (χ1n) is 10.1. The molecule has 1 fully saturated rings. The summed E-state index contributed by atoms with van der Waals surface area (Å²) in [6.07, 6.45) is 4.75. The molecule has 0 aliphatic carbocycles. The van der Waals surface area contributed by atoms with Crippen molar-refractivity contribution in [2.24, 2.45) is 0 Å². The van der Waals surface area contributed by atoms with Crippen LogP contribution in [0.5, 0.6) is 0 Å². The second-order valence-corrected chi connectivity index (χ2v) is 8.48. The molecule has 0 saturated carbocycles. The van der Waals surface area contributed by atoms with Gasteiger partial charge >= 0.3 is 0 Å². The van der Waals surface area contributed by atoms with Crippen molar-refractivity contribution in [3.63, 3.8) is 0 Å². The molecule has 1 saturated heterocycles. The molecule has 1 aliphatic heterocycles. The van der Waals surface area contributed by atoms with E-state index in [0.717, 1.165) is 33.6 Å². The summed E-state index contributed by atoms with van der Waals surface area (Å²) in [5, 5.41) is 16.4. The number of nitrogens with one attached hydrogen (secondary N) is 1. The number of amides is 1. The number of nitrogens with zero attached hydrogens (tertiary/aromatic N) is 4. The van der Waals surface area contributed by atoms with E-state index in [4.69, 9.17) is 0 Å². The highest BCUT2D eigenvalue weighted by molar-refractivity contribution is 7.13. The van der Waals surface area contributed by atoms with Crippen molar-refractivity contribution in [1.82, 2.24) is 20.1 Å². The lowest BCUT2D eigenvalue weighted by atomic mass is 10.0. The Morgan fingerprint density at radius 1 is 1.26 bits per heavy atom. The zero-order chi connectivity index (χ0) is 21.2. The number of aromatic nitrogens is 3. The second-order valence-electron chi connectivity index (χ2n) is 7.59. The molecule has 1 N–H and O–H groups in total. The summed E-state index contributed by atoms with van der Waals surface area (Å²) < 4.78 is 14.6. The lowest BCUT2D eigenvalue weighted by Gasteiger charge is -2.18. The standard InChI is InChI=1S/C23H20FN5OS/c24-20-6-5-15(12-21-18-4-2-1-3-16(18)13-26-28-21)11-19(20)22(30)29-9-7-17(14-29)27-23-25-8-10-31-23/h1-6,8,10-11,13,17H,7,9,12,14H2,(H,25,27). The number of carbonyl (C=O) groups excluding carboxylic acids is 1. The molecule has 2 aromatic carbocycles. The van der Waals surface area contributed by atoms with Gasteiger partial charge in [0.15, 0.2) is 5.13 Å². The van der Waals surface area contributed by atoms with Crippen LogP contribution in [0.2, 0.25) is 0 Å². The Bertz CT molecular complexity index is 1220. The Morgan fingerprint density at radius 3 is 3.03 bits per heavy atom. The van der Waals surface area contributed by atoms with Crippen molar-refractivity contribution in [3.05, 3.63) is 82.9 Å². The molecular weight excluding hydrogens is 413 g/mol. The van der Waals surface area contributed by atoms with Gasteiger partial charge in [-0.2, -0.15) is 10.2 Å². The lowest BCUT2D eigenvalue weighted by Crippen LogP contribution is -2.32. The number of hydrogen-bond acceptors (Lipinski definition) is 6. The monoisotopic (exact) mass is 433 g/mol. The Hall–Kier alpha value is -3.39. The van der Waals surface area contributed by atoms with Crippen LogP contribution in [0, 0.1) is 5.82 Å². The molecule has 0 radical (unpaired) electrons. The van der Waals surface area contributed by atoms with Gasteiger partial charge in [0.25, 0.3) is 5.91 Å². The molecule has 2 aromatic heterocycles. The minimum absolute atomic E-state index is 0.0978. The van der Waals surface area contributed by atoms with Crippen LogP contribution in [0.3, 0.4) is 0 Å². The average Bonchev–Trinajstić information content (AvgIpc) is 3.48. The molecule has 5 rings (SSSR count). The number of carbonyl (C=O) groups is 1. The van der Waals surface area contributed by atoms with Gasteiger partial charge in [0.1, 0.15) is 5.82 Å². The number of benzene rings is 2. The topological polar surface area (TPSA) is 71.0 Å². The fourth-order valence-electron chi connectivity index (χ4n) is 3.96. The van der Waals surface area contributed by atoms with Crippen LogP contribution < -0.4 is 5.32 Å². The van der Waals surface area contributed by atoms with Gasteiger partial charge in [-0.3, -0.25) is 4.79 Å². The fourth-order valence-corrected chi connectivity index (χ4v) is 4.57. The normalized spacial score (nSPS) is 16.0. The van der Waals surface area contributed by atoms with Gasteiger partial charge in [-0.25, -0.2) is 9.37 Å². The number of hydrogen-bond donors (Lipinski definition) is 1. The number of anilines is 1. The molecule has 0 spiro atoms. The number of halogens is 1. The van der Waals surface area contributed by atoms with Crippen LogP contribution >= 0.6 is 11.3 Å². The number of likely N-dealkylation sites (tertiary alicyclic amines) is 1. The summed E-state index contributed by atoms with van der Waals surface area (Å²) in [6.45, 7) is 1.11. The van der Waals surface area contributed by atoms with Crippen LogP contribution in [0.1, 0.15) is 28.0 Å². The van der Waals surface area contributed by atoms with Crippen molar-refractivity contribution < 1.29 is 9.18 Å². The SMILES string of the molecule is O=C(c1cc(Cc2nncc3ccccc23)ccc1F)N1CCC(Nc2nccs2)C1. The van der Waals surface area contributed by atoms with E-state index in [9.17, 15) is 9.18 Å². The molecule has 1 amide bonds. The molecule has 1 aliphatic rings. The van der Waals surface area contributed by atoms with Gasteiger partial charge in [0.2, 0.25) is 0 Å². The number of fused-ring (bicyclic) bond motifs is 1. The number of rotatable bonds is 5. The van der Waals surface area contributed by atoms with Gasteiger partial charge in [-0.15, -0.1) is 11.3 Å². The van der Waals surface area contributed by atoms with E-state index >= 15 is 0 Å². The zero-order valence-corrected chi connectivity index (χ0v) is 17.5. The molecule has 6 nitrogen and oxygen atoms in total. The minimum Gasteiger partial charge on any atom is -0.357 e. The average molecular weight is 434 g/mol. The first-order valence-corrected chi connectivity index (χ1v) is 11.0. The third kappa shape index (κ3) is 4.11. The Morgan fingerprint density at radius 2 is 2.16 bits per heavy atom. The predicted octanol–water partition coefficient (Wildman–Crippen LogP) is 4.14. The summed E-state index contributed by atoms with van der Waals surface area (Å²) in [6, 6.07) is 12.7. The number of thiazole rings is 1. The van der Waals surface area contributed by atoms with E-state index in [1.165, 1.54) is 17.4 Å². The van der Waals surface area contributed by atoms with Gasteiger partial charge in [-0.05, 0) is 24.1 Å². The van der Waals surface area contributed by atoms with Crippen molar-refractivity contribution in [2.75, 3.05) is 18.4 Å². The molecule has 31 heavy (non-hydrogen) atoms. The van der Waals surface area contributed by atoms with E-state index in [-0.39, 0.29) is 17.5 Å². The predicted molar refractivity (Wildman–Crippen MR) is 119 cm³/mol. The van der Waals surface area contributed by atoms with E-state index in [2.05, 4.69) is 20.5 Å². The highest BCUT2D eigenvalue weighted by atomic mass is 32.1. The second kappa shape index (κ2) is 8.39. The van der Waals surface area contributed by atoms with Crippen LogP contribution in [-0.2, 0) is 6.42 Å². The van der Waals surface area contributed by atoms with Crippen molar-refractivity contribution in [2.45, 2.75) is 18.9 Å². The van der Waals surface area contributed by atoms with Gasteiger partial charge < -0.3 is 10.2 Å². The largest absolute Gasteiger partial charge is 0.357 e. The molecule has 8 heteroatoms. The summed E-state index contributed by atoms with van der Waals surface area (Å²) in [7, 11) is 0. The Kier molecular flexibility index (Phi) is 5.30. The molecule has 156 valence electrons. The Labute approximate surface area is 182 Å². The van der Waals surface area contributed by atoms with Crippen LogP contribution in [0.25, 0.3) is 10.8 Å². The zero-order valence-electron chi connectivity index (χ0n) is 16.7. The third-order valence-electron chi connectivity index (χ3n) is 5.52. The van der Waals surface area contributed by atoms with Crippen molar-refractivity contribution in [1.29, 1.82) is 0 Å². The smallest absolute Gasteiger partial charge is 0.256 e. The van der Waals surface area contributed by atoms with E-state index in [1.54, 1.807) is 29.4 Å². The van der Waals surface area contributed by atoms with Gasteiger partial charge in [0, 0.05) is 47.9 Å². The Balaban J connectivity index is 1.34. The summed E-state index contributed by atoms with van der Waals surface area (Å²) in [5.74, 6) is -0.791. The van der Waals surface area contributed by atoms with Gasteiger partial charge in [0.05, 0.1) is 17.5 Å². The maximum atomic E-state index is 14.6. The van der Waals surface area contributed by atoms with E-state index in [0.29, 0.717) is 19.5 Å². The molecular formula is C23H20FN5OS. The molecule has 1 unspecified atom stereocenters. The lowest BCUT2D eigenvalue weighted by molar-refractivity contribution is 0.0787. The molecule has 1 atom stereocenters. The van der Waals surface area contributed by atoms with E-state index in [1.807, 2.05) is 29.6 Å².